The van der Waals surface area contributed by atoms with E-state index >= 15 is 0 Å². The summed E-state index contributed by atoms with van der Waals surface area (Å²) in [6.07, 6.45) is 6.10. The number of aromatic nitrogens is 1. The van der Waals surface area contributed by atoms with E-state index in [1.807, 2.05) is 24.3 Å². The molecule has 0 bridgehead atoms. The number of primary amides is 1. The third kappa shape index (κ3) is 10.3. The molecule has 2 atom stereocenters. The maximum Gasteiger partial charge on any atom is 0.255 e. The number of nitrogens with zero attached hydrogens (tertiary/aromatic N) is 1. The van der Waals surface area contributed by atoms with Crippen LogP contribution >= 0.6 is 0 Å². The number of aliphatic hydroxyl groups is 2. The molecule has 0 fully saturated rings. The van der Waals surface area contributed by atoms with Crippen molar-refractivity contribution in [2.45, 2.75) is 61.9 Å². The molecule has 1 aliphatic carbocycles. The first-order valence-electron chi connectivity index (χ1n) is 19.3. The van der Waals surface area contributed by atoms with Crippen molar-refractivity contribution in [3.05, 3.63) is 136 Å². The zero-order chi connectivity index (χ0) is 42.1. The number of hydrogen-bond donors (Lipinski definition) is 7. The van der Waals surface area contributed by atoms with Gasteiger partial charge in [0.1, 0.15) is 11.5 Å². The molecule has 1 heterocycles. The van der Waals surface area contributed by atoms with E-state index in [4.69, 9.17) is 10.5 Å². The molecule has 14 heteroatoms. The molecule has 5 aromatic rings. The lowest BCUT2D eigenvalue weighted by Gasteiger charge is -2.21. The summed E-state index contributed by atoms with van der Waals surface area (Å²) < 4.78 is 33.7. The lowest BCUT2D eigenvalue weighted by molar-refractivity contribution is 0.0997. The lowest BCUT2D eigenvalue weighted by Crippen LogP contribution is -2.41. The van der Waals surface area contributed by atoms with Gasteiger partial charge in [0.15, 0.2) is 9.84 Å². The Labute approximate surface area is 343 Å². The van der Waals surface area contributed by atoms with Gasteiger partial charge in [-0.1, -0.05) is 42.8 Å². The fourth-order valence-electron chi connectivity index (χ4n) is 7.04. The van der Waals surface area contributed by atoms with E-state index in [1.54, 1.807) is 68.6 Å². The molecule has 308 valence electrons. The topological polar surface area (TPSA) is 213 Å². The number of carbonyl (C=O) groups excluding carboxylic acids is 2. The number of amides is 2. The first-order chi connectivity index (χ1) is 28.4. The molecule has 0 aliphatic heterocycles. The number of anilines is 3. The summed E-state index contributed by atoms with van der Waals surface area (Å²) >= 11 is 0. The van der Waals surface area contributed by atoms with E-state index in [9.17, 15) is 33.3 Å². The highest BCUT2D eigenvalue weighted by Crippen LogP contribution is 2.28. The smallest absolute Gasteiger partial charge is 0.255 e. The molecule has 0 radical (unpaired) electrons. The largest absolute Gasteiger partial charge is 0.508 e. The normalized spacial score (nSPS) is 14.2. The zero-order valence-electron chi connectivity index (χ0n) is 32.9. The molecule has 2 amide bonds. The van der Waals surface area contributed by atoms with Gasteiger partial charge in [0, 0.05) is 46.5 Å². The van der Waals surface area contributed by atoms with E-state index in [0.29, 0.717) is 56.6 Å². The van der Waals surface area contributed by atoms with Gasteiger partial charge in [0.25, 0.3) is 11.8 Å². The van der Waals surface area contributed by atoms with Crippen molar-refractivity contribution >= 4 is 50.4 Å². The second-order valence-electron chi connectivity index (χ2n) is 14.5. The van der Waals surface area contributed by atoms with Gasteiger partial charge in [-0.05, 0) is 110 Å². The summed E-state index contributed by atoms with van der Waals surface area (Å²) in [4.78, 5) is 30.4. The van der Waals surface area contributed by atoms with E-state index in [0.717, 1.165) is 37.8 Å². The van der Waals surface area contributed by atoms with E-state index < -0.39 is 33.0 Å². The van der Waals surface area contributed by atoms with Crippen LogP contribution in [0.1, 0.15) is 76.1 Å². The Bertz CT molecular complexity index is 2560. The first-order valence-corrected chi connectivity index (χ1v) is 20.9. The Morgan fingerprint density at radius 1 is 0.966 bits per heavy atom. The molecule has 1 aromatic heterocycles. The maximum absolute atomic E-state index is 14.2. The molecule has 0 spiro atoms. The molecule has 59 heavy (non-hydrogen) atoms. The molecular weight excluding hydrogens is 771 g/mol. The molecule has 1 unspecified atom stereocenters. The van der Waals surface area contributed by atoms with Gasteiger partial charge >= 0.3 is 0 Å². The number of aromatic hydroxyl groups is 1. The van der Waals surface area contributed by atoms with Crippen molar-refractivity contribution < 1.29 is 38.1 Å². The monoisotopic (exact) mass is 819 g/mol. The quantitative estimate of drug-likeness (QED) is 0.0607. The Morgan fingerprint density at radius 3 is 2.49 bits per heavy atom. The van der Waals surface area contributed by atoms with Crippen molar-refractivity contribution in [2.75, 3.05) is 30.8 Å². The van der Waals surface area contributed by atoms with Crippen LogP contribution in [-0.2, 0) is 22.9 Å². The number of benzene rings is 4. The van der Waals surface area contributed by atoms with Crippen LogP contribution in [0.15, 0.2) is 102 Å². The molecular formula is C45H49N5O8S. The van der Waals surface area contributed by atoms with Crippen LogP contribution in [0.4, 0.5) is 17.1 Å². The number of sulfone groups is 1. The average molecular weight is 820 g/mol. The second kappa shape index (κ2) is 19.1. The minimum Gasteiger partial charge on any atom is -0.508 e. The number of hydrogen-bond acceptors (Lipinski definition) is 11. The van der Waals surface area contributed by atoms with Gasteiger partial charge < -0.3 is 41.7 Å². The molecule has 4 aromatic carbocycles. The lowest BCUT2D eigenvalue weighted by atomic mass is 10.0. The summed E-state index contributed by atoms with van der Waals surface area (Å²) in [6, 6.07) is 25.3. The third-order valence-corrected chi connectivity index (χ3v) is 12.3. The summed E-state index contributed by atoms with van der Waals surface area (Å²) in [5, 5.41) is 38.8. The Kier molecular flexibility index (Phi) is 13.8. The number of nitrogens with two attached hydrogens (primary N) is 1. The molecule has 13 nitrogen and oxygen atoms in total. The van der Waals surface area contributed by atoms with Crippen LogP contribution in [0.25, 0.3) is 11.6 Å². The minimum atomic E-state index is -4.02. The summed E-state index contributed by atoms with van der Waals surface area (Å²) in [5.74, 6) is -0.590. The number of fused-ring (bicyclic) bond motifs is 1. The van der Waals surface area contributed by atoms with Gasteiger partial charge in [-0.2, -0.15) is 0 Å². The number of nitrogens with one attached hydrogen (secondary N) is 3. The number of phenols is 1. The van der Waals surface area contributed by atoms with Gasteiger partial charge in [-0.25, -0.2) is 8.42 Å². The van der Waals surface area contributed by atoms with Crippen LogP contribution < -0.4 is 37.0 Å². The van der Waals surface area contributed by atoms with Crippen LogP contribution in [0, 0.1) is 0 Å². The SMILES string of the molecule is COc1cccc(Nc2c(C(N)=O)cnc3c2=CC(S(=O)(=O)c2cccc(C(=O)Nc4ccc(CCCCCNC[C@H](O)c5ccc(O)c(CO)c5)cc4)c2)CC=3C)c1. The Hall–Kier alpha value is -6.06. The fraction of sp³-hybridized carbons (Fsp3) is 0.267. The maximum atomic E-state index is 14.2. The zero-order valence-corrected chi connectivity index (χ0v) is 33.8. The van der Waals surface area contributed by atoms with Gasteiger partial charge in [-0.15, -0.1) is 0 Å². The number of carbonyl (C=O) groups is 2. The van der Waals surface area contributed by atoms with Crippen LogP contribution in [0.2, 0.25) is 0 Å². The number of aliphatic hydroxyl groups excluding tert-OH is 2. The predicted octanol–water partition coefficient (Wildman–Crippen LogP) is 4.62. The first kappa shape index (κ1) is 42.5. The van der Waals surface area contributed by atoms with Crippen molar-refractivity contribution in [3.8, 4) is 11.5 Å². The predicted molar refractivity (Wildman–Crippen MR) is 228 cm³/mol. The van der Waals surface area contributed by atoms with Crippen LogP contribution in [0.5, 0.6) is 11.5 Å². The Balaban J connectivity index is 1.05. The van der Waals surface area contributed by atoms with Gasteiger partial charge in [-0.3, -0.25) is 14.6 Å². The van der Waals surface area contributed by atoms with Crippen LogP contribution in [0.3, 0.4) is 0 Å². The van der Waals surface area contributed by atoms with Gasteiger partial charge in [0.05, 0.1) is 46.6 Å². The van der Waals surface area contributed by atoms with E-state index in [1.165, 1.54) is 24.4 Å². The highest BCUT2D eigenvalue weighted by Gasteiger charge is 2.30. The van der Waals surface area contributed by atoms with E-state index in [2.05, 4.69) is 20.9 Å². The summed E-state index contributed by atoms with van der Waals surface area (Å²) in [6.45, 7) is 2.60. The second-order valence-corrected chi connectivity index (χ2v) is 16.7. The summed E-state index contributed by atoms with van der Waals surface area (Å²) in [7, 11) is -2.48. The molecule has 1 aliphatic rings. The van der Waals surface area contributed by atoms with E-state index in [-0.39, 0.29) is 34.8 Å². The van der Waals surface area contributed by atoms with Crippen LogP contribution in [-0.4, -0.2) is 66.0 Å². The number of unbranched alkanes of at least 4 members (excludes halogenated alkanes) is 2. The van der Waals surface area contributed by atoms with Crippen molar-refractivity contribution in [1.82, 2.24) is 10.3 Å². The number of rotatable bonds is 18. The minimum absolute atomic E-state index is 0.000904. The number of aryl methyl sites for hydroxylation is 1. The molecule has 0 saturated carbocycles. The third-order valence-electron chi connectivity index (χ3n) is 10.3. The standard InChI is InChI=1S/C45H49N5O8S/c1-28-20-37(24-38-42(28)48-25-39(44(46)54)43(38)49-34-10-7-11-35(23-34)58-2)59(56,57)36-12-6-9-31(22-36)45(55)50-33-16-13-29(14-17-33)8-4-3-5-19-47-26-41(53)30-15-18-40(52)32(21-30)27-51/h6-7,9-18,21-25,37,41,47,49,51-53H,3-5,8,19-20,26-27H2,1-2H3,(H2,46,54)(H,50,55)/t37?,41-/m0/s1. The summed E-state index contributed by atoms with van der Waals surface area (Å²) in [5.41, 5.74) is 10.4. The average Bonchev–Trinajstić information content (AvgIpc) is 3.24. The fourth-order valence-corrected chi connectivity index (χ4v) is 8.73. The number of methoxy groups -OCH3 is 1. The van der Waals surface area contributed by atoms with Gasteiger partial charge in [0.2, 0.25) is 0 Å². The molecule has 6 rings (SSSR count). The molecule has 0 saturated heterocycles. The van der Waals surface area contributed by atoms with Crippen molar-refractivity contribution in [1.29, 1.82) is 0 Å². The highest BCUT2D eigenvalue weighted by molar-refractivity contribution is 7.92. The number of ether oxygens (including phenoxy) is 1. The van der Waals surface area contributed by atoms with Crippen molar-refractivity contribution in [3.63, 3.8) is 0 Å². The number of pyridine rings is 1. The molecule has 8 N–H and O–H groups in total. The Morgan fingerprint density at radius 2 is 1.75 bits per heavy atom. The highest BCUT2D eigenvalue weighted by atomic mass is 32.2. The van der Waals surface area contributed by atoms with Crippen molar-refractivity contribution in [2.24, 2.45) is 5.73 Å².